The number of thiol groups is 5. The Morgan fingerprint density at radius 1 is 0.524 bits per heavy atom. The first-order valence-electron chi connectivity index (χ1n) is 15.0. The molecule has 1 atom stereocenters. The molecule has 0 aliphatic rings. The molecule has 0 bridgehead atoms. The van der Waals surface area contributed by atoms with Crippen molar-refractivity contribution in [3.05, 3.63) is 0 Å². The summed E-state index contributed by atoms with van der Waals surface area (Å²) >= 11 is 21.3. The lowest BCUT2D eigenvalue weighted by molar-refractivity contribution is -0.190. The van der Waals surface area contributed by atoms with Gasteiger partial charge in [-0.25, -0.2) is 0 Å². The lowest BCUT2D eigenvalue weighted by Crippen LogP contribution is -2.56. The third kappa shape index (κ3) is 18.4. The van der Waals surface area contributed by atoms with Gasteiger partial charge in [0.05, 0.1) is 25.7 Å². The molecule has 0 rings (SSSR count). The Balaban J connectivity index is 6.05. The summed E-state index contributed by atoms with van der Waals surface area (Å²) in [5.74, 6) is -1.17. The van der Waals surface area contributed by atoms with E-state index in [0.29, 0.717) is 6.42 Å². The Kier molecular flexibility index (Phi) is 25.7. The standard InChI is InChI=1S/C29H52O8S5/c1-2-3-4-5-6-7-8-9-10-11-16-29(42,37-27(33)15-20-41)28(21-34-24(30)12-17-38,22-35-25(31)13-18-39)23-36-26(32)14-19-40/h38-42H,2-23H2,1H3. The summed E-state index contributed by atoms with van der Waals surface area (Å²) in [7, 11) is 0. The molecule has 0 amide bonds. The minimum Gasteiger partial charge on any atom is -0.465 e. The number of ether oxygens (including phenoxy) is 4. The quantitative estimate of drug-likeness (QED) is 0.0223. The number of carbonyl (C=O) groups excluding carboxylic acids is 4. The molecule has 0 aliphatic carbocycles. The first kappa shape index (κ1) is 41.6. The van der Waals surface area contributed by atoms with Crippen LogP contribution in [0.3, 0.4) is 0 Å². The van der Waals surface area contributed by atoms with Gasteiger partial charge in [-0.15, -0.1) is 12.6 Å². The van der Waals surface area contributed by atoms with Crippen LogP contribution in [0.2, 0.25) is 0 Å². The van der Waals surface area contributed by atoms with Crippen molar-refractivity contribution in [1.82, 2.24) is 0 Å². The molecule has 0 radical (unpaired) electrons. The van der Waals surface area contributed by atoms with Gasteiger partial charge in [0.25, 0.3) is 0 Å². The highest BCUT2D eigenvalue weighted by atomic mass is 32.1. The first-order valence-corrected chi connectivity index (χ1v) is 18.0. The molecular formula is C29H52O8S5. The maximum absolute atomic E-state index is 12.8. The van der Waals surface area contributed by atoms with E-state index in [1.807, 2.05) is 0 Å². The van der Waals surface area contributed by atoms with Crippen LogP contribution in [0.1, 0.15) is 103 Å². The maximum atomic E-state index is 12.8. The second-order valence-electron chi connectivity index (χ2n) is 10.3. The molecule has 0 heterocycles. The monoisotopic (exact) mass is 688 g/mol. The lowest BCUT2D eigenvalue weighted by atomic mass is 9.80. The van der Waals surface area contributed by atoms with E-state index in [4.69, 9.17) is 31.6 Å². The molecule has 0 fully saturated rings. The molecule has 246 valence electrons. The number of unbranched alkanes of at least 4 members (excludes halogenated alkanes) is 9. The van der Waals surface area contributed by atoms with Gasteiger partial charge in [-0.05, 0) is 12.8 Å². The van der Waals surface area contributed by atoms with Gasteiger partial charge < -0.3 is 18.9 Å². The van der Waals surface area contributed by atoms with Crippen LogP contribution in [-0.4, -0.2) is 71.6 Å². The van der Waals surface area contributed by atoms with Crippen LogP contribution in [-0.2, 0) is 38.1 Å². The van der Waals surface area contributed by atoms with Crippen LogP contribution < -0.4 is 0 Å². The van der Waals surface area contributed by atoms with Crippen LogP contribution >= 0.6 is 63.1 Å². The second kappa shape index (κ2) is 25.9. The van der Waals surface area contributed by atoms with Crippen molar-refractivity contribution in [3.8, 4) is 0 Å². The number of rotatable bonds is 27. The highest BCUT2D eigenvalue weighted by Gasteiger charge is 2.55. The van der Waals surface area contributed by atoms with Crippen LogP contribution in [0.4, 0.5) is 0 Å². The van der Waals surface area contributed by atoms with Gasteiger partial charge in [0.2, 0.25) is 0 Å². The van der Waals surface area contributed by atoms with Crippen molar-refractivity contribution < 1.29 is 38.1 Å². The van der Waals surface area contributed by atoms with Gasteiger partial charge in [0, 0.05) is 23.0 Å². The van der Waals surface area contributed by atoms with E-state index in [0.717, 1.165) is 19.3 Å². The van der Waals surface area contributed by atoms with Crippen molar-refractivity contribution >= 4 is 87.0 Å². The minimum absolute atomic E-state index is 0.0118. The van der Waals surface area contributed by atoms with Crippen LogP contribution in [0.5, 0.6) is 0 Å². The average Bonchev–Trinajstić information content (AvgIpc) is 2.94. The van der Waals surface area contributed by atoms with Gasteiger partial charge in [-0.1, -0.05) is 64.7 Å². The topological polar surface area (TPSA) is 105 Å². The Labute approximate surface area is 280 Å². The van der Waals surface area contributed by atoms with Gasteiger partial charge in [0.15, 0.2) is 4.93 Å². The molecule has 1 unspecified atom stereocenters. The molecule has 0 aromatic heterocycles. The normalized spacial score (nSPS) is 12.8. The second-order valence-corrected chi connectivity index (χ2v) is 12.9. The summed E-state index contributed by atoms with van der Waals surface area (Å²) in [4.78, 5) is 48.5. The summed E-state index contributed by atoms with van der Waals surface area (Å²) in [5.41, 5.74) is -1.49. The first-order chi connectivity index (χ1) is 20.1. The van der Waals surface area contributed by atoms with E-state index >= 15 is 0 Å². The molecule has 0 aromatic carbocycles. The number of hydrogen-bond acceptors (Lipinski definition) is 13. The minimum atomic E-state index is -1.60. The predicted molar refractivity (Wildman–Crippen MR) is 183 cm³/mol. The van der Waals surface area contributed by atoms with E-state index in [1.54, 1.807) is 0 Å². The molecule has 0 saturated carbocycles. The summed E-state index contributed by atoms with van der Waals surface area (Å²) in [6, 6.07) is 0. The zero-order valence-electron chi connectivity index (χ0n) is 25.1. The molecule has 8 nitrogen and oxygen atoms in total. The zero-order chi connectivity index (χ0) is 31.7. The Morgan fingerprint density at radius 2 is 0.857 bits per heavy atom. The van der Waals surface area contributed by atoms with E-state index < -0.39 is 34.2 Å². The molecule has 0 spiro atoms. The summed E-state index contributed by atoms with van der Waals surface area (Å²) < 4.78 is 22.7. The fourth-order valence-electron chi connectivity index (χ4n) is 4.22. The van der Waals surface area contributed by atoms with Crippen molar-refractivity contribution in [3.63, 3.8) is 0 Å². The van der Waals surface area contributed by atoms with E-state index in [-0.39, 0.29) is 74.9 Å². The SMILES string of the molecule is CCCCCCCCCCCCC(S)(OC(=O)CCS)C(COC(=O)CCS)(COC(=O)CCS)COC(=O)CCS. The average molecular weight is 689 g/mol. The molecule has 42 heavy (non-hydrogen) atoms. The zero-order valence-corrected chi connectivity index (χ0v) is 29.5. The molecule has 0 aromatic rings. The highest BCUT2D eigenvalue weighted by Crippen LogP contribution is 2.44. The summed E-state index contributed by atoms with van der Waals surface area (Å²) in [5, 5.41) is 0. The molecular weight excluding hydrogens is 637 g/mol. The highest BCUT2D eigenvalue weighted by molar-refractivity contribution is 7.81. The number of carbonyl (C=O) groups is 4. The molecule has 13 heteroatoms. The van der Waals surface area contributed by atoms with E-state index in [1.165, 1.54) is 38.5 Å². The van der Waals surface area contributed by atoms with Gasteiger partial charge in [-0.2, -0.15) is 50.5 Å². The number of esters is 4. The Bertz CT molecular complexity index is 715. The van der Waals surface area contributed by atoms with Crippen LogP contribution in [0, 0.1) is 5.41 Å². The largest absolute Gasteiger partial charge is 0.465 e. The lowest BCUT2D eigenvalue weighted by Gasteiger charge is -2.45. The van der Waals surface area contributed by atoms with Crippen LogP contribution in [0.25, 0.3) is 0 Å². The third-order valence-corrected chi connectivity index (χ3v) is 8.46. The van der Waals surface area contributed by atoms with Crippen molar-refractivity contribution in [1.29, 1.82) is 0 Å². The smallest absolute Gasteiger partial charge is 0.308 e. The number of hydrogen-bond donors (Lipinski definition) is 5. The van der Waals surface area contributed by atoms with Crippen molar-refractivity contribution in [2.24, 2.45) is 5.41 Å². The fraction of sp³-hybridized carbons (Fsp3) is 0.862. The summed E-state index contributed by atoms with van der Waals surface area (Å²) in [6.45, 7) is 1.11. The molecule has 0 saturated heterocycles. The van der Waals surface area contributed by atoms with Gasteiger partial charge >= 0.3 is 23.9 Å². The molecule has 0 aliphatic heterocycles. The van der Waals surface area contributed by atoms with E-state index in [9.17, 15) is 19.2 Å². The van der Waals surface area contributed by atoms with Crippen molar-refractivity contribution in [2.45, 2.75) is 108 Å². The third-order valence-electron chi connectivity index (χ3n) is 6.77. The van der Waals surface area contributed by atoms with Gasteiger partial charge in [0.1, 0.15) is 25.2 Å². The Hall–Kier alpha value is -0.370. The van der Waals surface area contributed by atoms with Gasteiger partial charge in [-0.3, -0.25) is 19.2 Å². The van der Waals surface area contributed by atoms with Crippen LogP contribution in [0.15, 0.2) is 0 Å². The molecule has 0 N–H and O–H groups in total. The predicted octanol–water partition coefficient (Wildman–Crippen LogP) is 6.36. The van der Waals surface area contributed by atoms with Crippen molar-refractivity contribution in [2.75, 3.05) is 42.8 Å². The fourth-order valence-corrected chi connectivity index (χ4v) is 5.40. The maximum Gasteiger partial charge on any atom is 0.308 e. The van der Waals surface area contributed by atoms with E-state index in [2.05, 4.69) is 57.4 Å². The summed E-state index contributed by atoms with van der Waals surface area (Å²) in [6.07, 6.45) is 11.4. The Morgan fingerprint density at radius 3 is 1.21 bits per heavy atom.